The minimum absolute atomic E-state index is 0.0658. The number of hydrogen-bond donors (Lipinski definition) is 1. The van der Waals surface area contributed by atoms with Crippen LogP contribution in [0.4, 0.5) is 5.69 Å². The molecule has 3 aliphatic rings. The third-order valence-electron chi connectivity index (χ3n) is 8.64. The number of morpholine rings is 1. The SMILES string of the molecule is CCOc1cc2c(cc1N1CCC(N3CCOCC3)CC1)C(C)(C)c1[nH]c3cc(C=NC)ccc3c1C2=O. The van der Waals surface area contributed by atoms with E-state index in [4.69, 9.17) is 9.47 Å². The number of aliphatic imine (C=N–C) groups is 1. The second-order valence-electron chi connectivity index (χ2n) is 11.2. The van der Waals surface area contributed by atoms with Gasteiger partial charge in [-0.1, -0.05) is 26.0 Å². The summed E-state index contributed by atoms with van der Waals surface area (Å²) in [7, 11) is 1.77. The highest BCUT2D eigenvalue weighted by Crippen LogP contribution is 2.47. The van der Waals surface area contributed by atoms with Crippen LogP contribution in [0.15, 0.2) is 35.3 Å². The molecule has 7 heteroatoms. The molecule has 3 heterocycles. The van der Waals surface area contributed by atoms with Crippen LogP contribution in [-0.4, -0.2) is 81.0 Å². The van der Waals surface area contributed by atoms with Crippen molar-refractivity contribution in [1.82, 2.24) is 9.88 Å². The number of nitrogens with one attached hydrogen (secondary N) is 1. The maximum Gasteiger partial charge on any atom is 0.195 e. The topological polar surface area (TPSA) is 70.2 Å². The molecule has 0 spiro atoms. The van der Waals surface area contributed by atoms with Gasteiger partial charge in [-0.15, -0.1) is 0 Å². The van der Waals surface area contributed by atoms with Gasteiger partial charge in [-0.25, -0.2) is 0 Å². The molecule has 200 valence electrons. The minimum atomic E-state index is -0.359. The van der Waals surface area contributed by atoms with E-state index in [0.29, 0.717) is 12.6 Å². The van der Waals surface area contributed by atoms with E-state index < -0.39 is 0 Å². The van der Waals surface area contributed by atoms with Gasteiger partial charge in [0.1, 0.15) is 5.75 Å². The molecule has 2 fully saturated rings. The Morgan fingerprint density at radius 3 is 2.61 bits per heavy atom. The molecule has 2 aromatic carbocycles. The number of H-pyrrole nitrogens is 1. The molecule has 3 aromatic rings. The van der Waals surface area contributed by atoms with Crippen molar-refractivity contribution >= 4 is 28.6 Å². The fourth-order valence-corrected chi connectivity index (χ4v) is 6.62. The number of ether oxygens (including phenoxy) is 2. The van der Waals surface area contributed by atoms with Crippen molar-refractivity contribution in [1.29, 1.82) is 0 Å². The third kappa shape index (κ3) is 4.12. The lowest BCUT2D eigenvalue weighted by atomic mass is 9.71. The van der Waals surface area contributed by atoms with E-state index in [1.54, 1.807) is 7.05 Å². The predicted octanol–water partition coefficient (Wildman–Crippen LogP) is 4.79. The van der Waals surface area contributed by atoms with Gasteiger partial charge in [-0.2, -0.15) is 0 Å². The molecule has 2 saturated heterocycles. The Morgan fingerprint density at radius 1 is 1.13 bits per heavy atom. The van der Waals surface area contributed by atoms with E-state index in [-0.39, 0.29) is 11.2 Å². The second kappa shape index (κ2) is 9.86. The van der Waals surface area contributed by atoms with E-state index in [0.717, 1.165) is 103 Å². The summed E-state index contributed by atoms with van der Waals surface area (Å²) < 4.78 is 11.7. The number of benzene rings is 2. The van der Waals surface area contributed by atoms with Gasteiger partial charge < -0.3 is 19.4 Å². The summed E-state index contributed by atoms with van der Waals surface area (Å²) in [5.74, 6) is 0.876. The molecular weight excluding hydrogens is 476 g/mol. The van der Waals surface area contributed by atoms with Crippen LogP contribution in [0.3, 0.4) is 0 Å². The lowest BCUT2D eigenvalue weighted by Gasteiger charge is -2.41. The highest BCUT2D eigenvalue weighted by atomic mass is 16.5. The van der Waals surface area contributed by atoms with Crippen LogP contribution in [0.1, 0.15) is 66.4 Å². The largest absolute Gasteiger partial charge is 0.492 e. The quantitative estimate of drug-likeness (QED) is 0.496. The van der Waals surface area contributed by atoms with Crippen molar-refractivity contribution in [2.45, 2.75) is 45.1 Å². The van der Waals surface area contributed by atoms with Crippen LogP contribution >= 0.6 is 0 Å². The lowest BCUT2D eigenvalue weighted by Crippen LogP contribution is -2.49. The van der Waals surface area contributed by atoms with Gasteiger partial charge in [0.2, 0.25) is 0 Å². The maximum atomic E-state index is 14.0. The number of ketones is 1. The first-order valence-corrected chi connectivity index (χ1v) is 13.9. The highest BCUT2D eigenvalue weighted by Gasteiger charge is 2.41. The summed E-state index contributed by atoms with van der Waals surface area (Å²) in [6.07, 6.45) is 4.09. The highest BCUT2D eigenvalue weighted by molar-refractivity contribution is 6.20. The number of aromatic nitrogens is 1. The smallest absolute Gasteiger partial charge is 0.195 e. The predicted molar refractivity (Wildman–Crippen MR) is 153 cm³/mol. The van der Waals surface area contributed by atoms with Crippen molar-refractivity contribution in [3.8, 4) is 5.75 Å². The molecule has 1 aliphatic carbocycles. The van der Waals surface area contributed by atoms with Gasteiger partial charge >= 0.3 is 0 Å². The Morgan fingerprint density at radius 2 is 1.89 bits per heavy atom. The Balaban J connectivity index is 1.37. The Bertz CT molecular complexity index is 1390. The van der Waals surface area contributed by atoms with Gasteiger partial charge in [0.15, 0.2) is 5.78 Å². The Labute approximate surface area is 224 Å². The summed E-state index contributed by atoms with van der Waals surface area (Å²) in [6.45, 7) is 12.7. The van der Waals surface area contributed by atoms with E-state index in [1.165, 1.54) is 0 Å². The van der Waals surface area contributed by atoms with Crippen molar-refractivity contribution in [3.05, 3.63) is 58.3 Å². The molecule has 38 heavy (non-hydrogen) atoms. The first-order chi connectivity index (χ1) is 18.4. The van der Waals surface area contributed by atoms with Crippen LogP contribution in [0.2, 0.25) is 0 Å². The van der Waals surface area contributed by atoms with Gasteiger partial charge in [0.25, 0.3) is 0 Å². The molecule has 1 N–H and O–H groups in total. The van der Waals surface area contributed by atoms with Crippen molar-refractivity contribution in [2.75, 3.05) is 57.9 Å². The van der Waals surface area contributed by atoms with Gasteiger partial charge in [-0.05, 0) is 49.1 Å². The fourth-order valence-electron chi connectivity index (χ4n) is 6.62. The number of rotatable bonds is 5. The number of anilines is 1. The summed E-state index contributed by atoms with van der Waals surface area (Å²) in [4.78, 5) is 26.8. The lowest BCUT2D eigenvalue weighted by molar-refractivity contribution is 0.0115. The van der Waals surface area contributed by atoms with Crippen LogP contribution in [0.25, 0.3) is 10.9 Å². The molecule has 2 aliphatic heterocycles. The first-order valence-electron chi connectivity index (χ1n) is 13.9. The molecule has 7 nitrogen and oxygen atoms in total. The van der Waals surface area contributed by atoms with Gasteiger partial charge in [-0.3, -0.25) is 14.7 Å². The zero-order chi connectivity index (χ0) is 26.4. The monoisotopic (exact) mass is 514 g/mol. The molecule has 0 saturated carbocycles. The maximum absolute atomic E-state index is 14.0. The number of fused-ring (bicyclic) bond motifs is 4. The zero-order valence-corrected chi connectivity index (χ0v) is 23.0. The molecule has 1 aromatic heterocycles. The minimum Gasteiger partial charge on any atom is -0.492 e. The molecule has 0 amide bonds. The number of piperidine rings is 1. The van der Waals surface area contributed by atoms with Gasteiger partial charge in [0.05, 0.1) is 31.1 Å². The summed E-state index contributed by atoms with van der Waals surface area (Å²) in [6, 6.07) is 11.0. The van der Waals surface area contributed by atoms with E-state index in [1.807, 2.05) is 31.3 Å². The molecule has 0 radical (unpaired) electrons. The number of carbonyl (C=O) groups is 1. The average molecular weight is 515 g/mol. The van der Waals surface area contributed by atoms with E-state index in [2.05, 4.69) is 45.8 Å². The number of carbonyl (C=O) groups excluding carboxylic acids is 1. The first kappa shape index (κ1) is 25.1. The normalized spacial score (nSPS) is 20.2. The summed E-state index contributed by atoms with van der Waals surface area (Å²) in [5.41, 5.74) is 6.30. The van der Waals surface area contributed by atoms with Crippen molar-refractivity contribution in [2.24, 2.45) is 4.99 Å². The number of nitrogens with zero attached hydrogens (tertiary/aromatic N) is 3. The number of aromatic amines is 1. The molecule has 0 atom stereocenters. The van der Waals surface area contributed by atoms with E-state index >= 15 is 0 Å². The standard InChI is InChI=1S/C31H38N4O3/c1-5-38-27-17-23-24(18-26(27)35-10-8-21(9-11-35)34-12-14-37-15-13-34)31(2,3)30-28(29(23)36)22-7-6-20(19-32-4)16-25(22)33-30/h6-7,16-19,21,33H,5,8-15H2,1-4H3. The van der Waals surface area contributed by atoms with Crippen LogP contribution < -0.4 is 9.64 Å². The molecular formula is C31H38N4O3. The second-order valence-corrected chi connectivity index (χ2v) is 11.2. The Hall–Kier alpha value is -3.16. The average Bonchev–Trinajstić information content (AvgIpc) is 3.33. The van der Waals surface area contributed by atoms with Crippen molar-refractivity contribution in [3.63, 3.8) is 0 Å². The third-order valence-corrected chi connectivity index (χ3v) is 8.64. The van der Waals surface area contributed by atoms with Crippen LogP contribution in [0, 0.1) is 0 Å². The molecule has 0 unspecified atom stereocenters. The fraction of sp³-hybridized carbons (Fsp3) is 0.484. The number of hydrogen-bond acceptors (Lipinski definition) is 6. The van der Waals surface area contributed by atoms with Crippen LogP contribution in [-0.2, 0) is 10.2 Å². The summed E-state index contributed by atoms with van der Waals surface area (Å²) in [5, 5.41) is 0.962. The molecule has 6 rings (SSSR count). The molecule has 0 bridgehead atoms. The Kier molecular flexibility index (Phi) is 6.52. The van der Waals surface area contributed by atoms with E-state index in [9.17, 15) is 4.79 Å². The van der Waals surface area contributed by atoms with Crippen LogP contribution in [0.5, 0.6) is 5.75 Å². The summed E-state index contributed by atoms with van der Waals surface area (Å²) >= 11 is 0. The van der Waals surface area contributed by atoms with Gasteiger partial charge in [0, 0.05) is 73.1 Å². The van der Waals surface area contributed by atoms with Crippen molar-refractivity contribution < 1.29 is 14.3 Å². The zero-order valence-electron chi connectivity index (χ0n) is 23.0.